The van der Waals surface area contributed by atoms with E-state index in [9.17, 15) is 0 Å². The number of hydrogen-bond donors (Lipinski definition) is 1. The topological polar surface area (TPSA) is 30.9 Å². The summed E-state index contributed by atoms with van der Waals surface area (Å²) in [7, 11) is 0. The number of nitrogens with one attached hydrogen (secondary N) is 1. The standard InChI is InChI=1S/C18H34N4/c1-2-19-17(22-15-10-18(16-22)8-7-9-18)20-11-3-4-12-21-13-5-6-14-21/h2-16H2,1H3,(H,19,20). The molecule has 1 saturated carbocycles. The lowest BCUT2D eigenvalue weighted by molar-refractivity contribution is 0.151. The van der Waals surface area contributed by atoms with Crippen LogP contribution in [-0.2, 0) is 0 Å². The number of unbranched alkanes of at least 4 members (excludes halogenated alkanes) is 1. The Balaban J connectivity index is 1.40. The normalized spacial score (nSPS) is 25.0. The molecule has 0 atom stereocenters. The zero-order valence-electron chi connectivity index (χ0n) is 14.4. The van der Waals surface area contributed by atoms with Crippen LogP contribution in [-0.4, -0.2) is 61.6 Å². The maximum Gasteiger partial charge on any atom is 0.193 e. The molecule has 2 saturated heterocycles. The highest BCUT2D eigenvalue weighted by Crippen LogP contribution is 2.47. The molecular weight excluding hydrogens is 272 g/mol. The first-order valence-electron chi connectivity index (χ1n) is 9.57. The van der Waals surface area contributed by atoms with Crippen LogP contribution in [0, 0.1) is 5.41 Å². The fourth-order valence-corrected chi connectivity index (χ4v) is 4.27. The monoisotopic (exact) mass is 306 g/mol. The van der Waals surface area contributed by atoms with Gasteiger partial charge in [0, 0.05) is 26.2 Å². The fraction of sp³-hybridized carbons (Fsp3) is 0.944. The summed E-state index contributed by atoms with van der Waals surface area (Å²) in [5.41, 5.74) is 0.659. The summed E-state index contributed by atoms with van der Waals surface area (Å²) in [4.78, 5) is 10.0. The molecule has 3 fully saturated rings. The minimum Gasteiger partial charge on any atom is -0.357 e. The van der Waals surface area contributed by atoms with Crippen molar-refractivity contribution in [1.82, 2.24) is 15.1 Å². The Bertz CT molecular complexity index is 369. The first-order valence-corrected chi connectivity index (χ1v) is 9.57. The van der Waals surface area contributed by atoms with Crippen LogP contribution in [0.15, 0.2) is 4.99 Å². The third kappa shape index (κ3) is 3.95. The summed E-state index contributed by atoms with van der Waals surface area (Å²) in [5.74, 6) is 1.17. The lowest BCUT2D eigenvalue weighted by Gasteiger charge is -2.38. The van der Waals surface area contributed by atoms with E-state index in [0.717, 1.165) is 13.1 Å². The lowest BCUT2D eigenvalue weighted by atomic mass is 9.68. The van der Waals surface area contributed by atoms with Gasteiger partial charge in [0.25, 0.3) is 0 Å². The van der Waals surface area contributed by atoms with Crippen LogP contribution in [0.5, 0.6) is 0 Å². The van der Waals surface area contributed by atoms with Crippen LogP contribution in [0.3, 0.4) is 0 Å². The van der Waals surface area contributed by atoms with Crippen molar-refractivity contribution < 1.29 is 0 Å². The van der Waals surface area contributed by atoms with E-state index in [2.05, 4.69) is 22.0 Å². The molecule has 3 aliphatic rings. The Kier molecular flexibility index (Phi) is 5.61. The van der Waals surface area contributed by atoms with Gasteiger partial charge in [-0.25, -0.2) is 0 Å². The summed E-state index contributed by atoms with van der Waals surface area (Å²) in [6.45, 7) is 10.5. The highest BCUT2D eigenvalue weighted by Gasteiger charge is 2.43. The van der Waals surface area contributed by atoms with Crippen molar-refractivity contribution in [3.05, 3.63) is 0 Å². The van der Waals surface area contributed by atoms with Gasteiger partial charge in [-0.15, -0.1) is 0 Å². The predicted molar refractivity (Wildman–Crippen MR) is 93.4 cm³/mol. The van der Waals surface area contributed by atoms with Gasteiger partial charge in [-0.3, -0.25) is 4.99 Å². The summed E-state index contributed by atoms with van der Waals surface area (Å²) in [6, 6.07) is 0. The number of rotatable bonds is 6. The van der Waals surface area contributed by atoms with Gasteiger partial charge >= 0.3 is 0 Å². The SMILES string of the molecule is CCNC(=NCCCCN1CCCC1)N1CCC2(CCC2)C1. The lowest BCUT2D eigenvalue weighted by Crippen LogP contribution is -2.42. The third-order valence-electron chi connectivity index (χ3n) is 5.83. The smallest absolute Gasteiger partial charge is 0.193 e. The molecule has 0 aromatic heterocycles. The Labute approximate surface area is 136 Å². The van der Waals surface area contributed by atoms with Crippen LogP contribution in [0.2, 0.25) is 0 Å². The van der Waals surface area contributed by atoms with Gasteiger partial charge in [-0.05, 0) is 76.9 Å². The molecule has 0 aromatic rings. The number of nitrogens with zero attached hydrogens (tertiary/aromatic N) is 3. The second-order valence-corrected chi connectivity index (χ2v) is 7.52. The van der Waals surface area contributed by atoms with E-state index in [0.29, 0.717) is 5.41 Å². The van der Waals surface area contributed by atoms with Crippen molar-refractivity contribution in [3.63, 3.8) is 0 Å². The maximum absolute atomic E-state index is 4.90. The van der Waals surface area contributed by atoms with Crippen LogP contribution in [0.4, 0.5) is 0 Å². The minimum absolute atomic E-state index is 0.659. The van der Waals surface area contributed by atoms with Gasteiger partial charge in [0.15, 0.2) is 5.96 Å². The summed E-state index contributed by atoms with van der Waals surface area (Å²) < 4.78 is 0. The summed E-state index contributed by atoms with van der Waals surface area (Å²) in [6.07, 6.45) is 11.0. The zero-order chi connectivity index (χ0) is 15.3. The van der Waals surface area contributed by atoms with Gasteiger partial charge in [0.2, 0.25) is 0 Å². The van der Waals surface area contributed by atoms with Crippen molar-refractivity contribution in [2.45, 2.75) is 58.3 Å². The molecule has 1 aliphatic carbocycles. The molecule has 3 rings (SSSR count). The Morgan fingerprint density at radius 3 is 2.50 bits per heavy atom. The highest BCUT2D eigenvalue weighted by atomic mass is 15.3. The Hall–Kier alpha value is -0.770. The average molecular weight is 306 g/mol. The number of aliphatic imine (C=N–C) groups is 1. The highest BCUT2D eigenvalue weighted by molar-refractivity contribution is 5.80. The average Bonchev–Trinajstić information content (AvgIpc) is 3.14. The summed E-state index contributed by atoms with van der Waals surface area (Å²) >= 11 is 0. The van der Waals surface area contributed by atoms with Crippen LogP contribution in [0.1, 0.15) is 58.3 Å². The van der Waals surface area contributed by atoms with Crippen molar-refractivity contribution in [1.29, 1.82) is 0 Å². The van der Waals surface area contributed by atoms with E-state index in [1.54, 1.807) is 0 Å². The van der Waals surface area contributed by atoms with Crippen LogP contribution in [0.25, 0.3) is 0 Å². The molecule has 4 heteroatoms. The molecule has 22 heavy (non-hydrogen) atoms. The molecule has 0 aromatic carbocycles. The van der Waals surface area contributed by atoms with Crippen LogP contribution < -0.4 is 5.32 Å². The summed E-state index contributed by atoms with van der Waals surface area (Å²) in [5, 5.41) is 3.51. The van der Waals surface area contributed by atoms with E-state index < -0.39 is 0 Å². The first kappa shape index (κ1) is 16.1. The van der Waals surface area contributed by atoms with E-state index in [1.807, 2.05) is 0 Å². The van der Waals surface area contributed by atoms with Gasteiger partial charge in [-0.1, -0.05) is 6.42 Å². The second kappa shape index (κ2) is 7.67. The first-order chi connectivity index (χ1) is 10.8. The second-order valence-electron chi connectivity index (χ2n) is 7.52. The third-order valence-corrected chi connectivity index (χ3v) is 5.83. The molecule has 0 radical (unpaired) electrons. The molecule has 0 bridgehead atoms. The largest absolute Gasteiger partial charge is 0.357 e. The van der Waals surface area contributed by atoms with E-state index in [4.69, 9.17) is 4.99 Å². The van der Waals surface area contributed by atoms with Gasteiger partial charge < -0.3 is 15.1 Å². The maximum atomic E-state index is 4.90. The number of hydrogen-bond acceptors (Lipinski definition) is 2. The van der Waals surface area contributed by atoms with Crippen LogP contribution >= 0.6 is 0 Å². The zero-order valence-corrected chi connectivity index (χ0v) is 14.4. The molecule has 2 heterocycles. The minimum atomic E-state index is 0.659. The Morgan fingerprint density at radius 1 is 1.05 bits per heavy atom. The van der Waals surface area contributed by atoms with Crippen molar-refractivity contribution in [3.8, 4) is 0 Å². The molecule has 4 nitrogen and oxygen atoms in total. The quantitative estimate of drug-likeness (QED) is 0.465. The molecule has 1 spiro atoms. The molecule has 0 amide bonds. The molecule has 2 aliphatic heterocycles. The van der Waals surface area contributed by atoms with Gasteiger partial charge in [0.05, 0.1) is 0 Å². The molecule has 126 valence electrons. The van der Waals surface area contributed by atoms with Gasteiger partial charge in [-0.2, -0.15) is 0 Å². The number of guanidine groups is 1. The molecular formula is C18H34N4. The fourth-order valence-electron chi connectivity index (χ4n) is 4.27. The van der Waals surface area contributed by atoms with E-state index >= 15 is 0 Å². The van der Waals surface area contributed by atoms with Gasteiger partial charge in [0.1, 0.15) is 0 Å². The van der Waals surface area contributed by atoms with Crippen molar-refractivity contribution >= 4 is 5.96 Å². The molecule has 1 N–H and O–H groups in total. The van der Waals surface area contributed by atoms with Crippen molar-refractivity contribution in [2.24, 2.45) is 10.4 Å². The predicted octanol–water partition coefficient (Wildman–Crippen LogP) is 2.70. The van der Waals surface area contributed by atoms with E-state index in [1.165, 1.54) is 90.0 Å². The Morgan fingerprint density at radius 2 is 1.86 bits per heavy atom. The number of likely N-dealkylation sites (tertiary alicyclic amines) is 2. The van der Waals surface area contributed by atoms with E-state index in [-0.39, 0.29) is 0 Å². The van der Waals surface area contributed by atoms with Crippen molar-refractivity contribution in [2.75, 3.05) is 45.8 Å². The molecule has 0 unspecified atom stereocenters.